The number of anilines is 1. The Kier molecular flexibility index (Phi) is 6.92. The number of nitrogen functional groups attached to an aromatic ring is 1. The van der Waals surface area contributed by atoms with E-state index < -0.39 is 61.3 Å². The maximum atomic E-state index is 15.6. The van der Waals surface area contributed by atoms with Crippen molar-refractivity contribution >= 4 is 19.5 Å². The number of para-hydroxylation sites is 1. The zero-order chi connectivity index (χ0) is 27.2. The van der Waals surface area contributed by atoms with E-state index >= 15 is 4.39 Å². The van der Waals surface area contributed by atoms with Gasteiger partial charge in [-0.25, -0.2) is 13.8 Å². The number of carbonyl (C=O) groups is 1. The van der Waals surface area contributed by atoms with E-state index in [1.54, 1.807) is 32.0 Å². The molecule has 2 aromatic rings. The van der Waals surface area contributed by atoms with Gasteiger partial charge in [0.25, 0.3) is 0 Å². The third-order valence-corrected chi connectivity index (χ3v) is 7.51. The lowest BCUT2D eigenvalue weighted by Gasteiger charge is -2.26. The van der Waals surface area contributed by atoms with Crippen LogP contribution in [0.4, 0.5) is 10.2 Å². The summed E-state index contributed by atoms with van der Waals surface area (Å²) in [5.74, 6) is 1.40. The number of alkyl halides is 1. The Morgan fingerprint density at radius 2 is 2.03 bits per heavy atom. The molecule has 1 saturated carbocycles. The minimum absolute atomic E-state index is 0.0883. The largest absolute Gasteiger partial charge is 0.462 e. The molecule has 4 N–H and O–H groups in total. The third kappa shape index (κ3) is 4.63. The zero-order valence-corrected chi connectivity index (χ0v) is 21.0. The van der Waals surface area contributed by atoms with Gasteiger partial charge >= 0.3 is 19.4 Å². The van der Waals surface area contributed by atoms with Crippen LogP contribution in [0.1, 0.15) is 27.0 Å². The molecule has 37 heavy (non-hydrogen) atoms. The molecule has 1 aliphatic heterocycles. The highest BCUT2D eigenvalue weighted by Gasteiger charge is 2.90. The van der Waals surface area contributed by atoms with E-state index in [0.29, 0.717) is 0 Å². The molecule has 1 aromatic carbocycles. The van der Waals surface area contributed by atoms with Crippen LogP contribution in [0.5, 0.6) is 5.75 Å². The van der Waals surface area contributed by atoms with E-state index in [9.17, 15) is 19.3 Å². The van der Waals surface area contributed by atoms with E-state index in [1.807, 2.05) is 0 Å². The van der Waals surface area contributed by atoms with Crippen molar-refractivity contribution in [2.45, 2.75) is 62.6 Å². The number of aliphatic hydroxyl groups is 1. The molecule has 12 nitrogen and oxygen atoms in total. The van der Waals surface area contributed by atoms with Crippen molar-refractivity contribution in [3.8, 4) is 18.1 Å². The van der Waals surface area contributed by atoms with Crippen LogP contribution in [0.3, 0.4) is 0 Å². The fourth-order valence-corrected chi connectivity index (χ4v) is 5.78. The number of hydrogen-bond acceptors (Lipinski definition) is 10. The molecule has 0 bridgehead atoms. The lowest BCUT2D eigenvalue weighted by Crippen LogP contribution is -2.40. The Hall–Kier alpha value is -3.27. The SMILES string of the molecule is C#CC12OC(n3ccc(N)nc3=O)C(F)C1(O)C2OP(=O)(NC(C)C(=O)OC(C)C)Oc1ccccc1. The minimum Gasteiger partial charge on any atom is -0.462 e. The highest BCUT2D eigenvalue weighted by atomic mass is 31.2. The van der Waals surface area contributed by atoms with Crippen molar-refractivity contribution in [3.05, 3.63) is 53.1 Å². The average molecular weight is 536 g/mol. The Labute approximate surface area is 211 Å². The van der Waals surface area contributed by atoms with Gasteiger partial charge in [0.1, 0.15) is 23.7 Å². The molecule has 7 unspecified atom stereocenters. The van der Waals surface area contributed by atoms with E-state index in [4.69, 9.17) is 30.7 Å². The van der Waals surface area contributed by atoms with Crippen molar-refractivity contribution in [3.63, 3.8) is 0 Å². The zero-order valence-electron chi connectivity index (χ0n) is 20.1. The first kappa shape index (κ1) is 26.8. The summed E-state index contributed by atoms with van der Waals surface area (Å²) >= 11 is 0. The van der Waals surface area contributed by atoms with E-state index in [1.165, 1.54) is 25.1 Å². The van der Waals surface area contributed by atoms with Gasteiger partial charge in [-0.3, -0.25) is 13.9 Å². The number of benzene rings is 1. The molecule has 14 heteroatoms. The highest BCUT2D eigenvalue weighted by molar-refractivity contribution is 7.52. The Bertz CT molecular complexity index is 1330. The van der Waals surface area contributed by atoms with Crippen LogP contribution >= 0.6 is 7.75 Å². The van der Waals surface area contributed by atoms with Gasteiger partial charge in [-0.2, -0.15) is 10.1 Å². The summed E-state index contributed by atoms with van der Waals surface area (Å²) in [5, 5.41) is 13.6. The predicted molar refractivity (Wildman–Crippen MR) is 128 cm³/mol. The number of aromatic nitrogens is 2. The minimum atomic E-state index is -4.53. The summed E-state index contributed by atoms with van der Waals surface area (Å²) in [6.07, 6.45) is 0.629. The number of nitrogens with two attached hydrogens (primary N) is 1. The van der Waals surface area contributed by atoms with Crippen LogP contribution in [0, 0.1) is 12.3 Å². The Morgan fingerprint density at radius 3 is 2.59 bits per heavy atom. The number of fused-ring (bicyclic) bond motifs is 1. The van der Waals surface area contributed by atoms with E-state index in [2.05, 4.69) is 16.0 Å². The van der Waals surface area contributed by atoms with Gasteiger partial charge in [-0.05, 0) is 39.0 Å². The van der Waals surface area contributed by atoms with Crippen LogP contribution in [0.2, 0.25) is 0 Å². The number of carbonyl (C=O) groups excluding carboxylic acids is 1. The van der Waals surface area contributed by atoms with Gasteiger partial charge in [-0.1, -0.05) is 24.1 Å². The molecule has 2 fully saturated rings. The molecule has 7 atom stereocenters. The molecule has 2 heterocycles. The molecular formula is C23H26FN4O8P. The molecular weight excluding hydrogens is 510 g/mol. The van der Waals surface area contributed by atoms with E-state index in [0.717, 1.165) is 10.8 Å². The second kappa shape index (κ2) is 9.55. The van der Waals surface area contributed by atoms with Crippen LogP contribution < -0.4 is 21.0 Å². The fraction of sp³-hybridized carbons (Fsp3) is 0.435. The van der Waals surface area contributed by atoms with Gasteiger partial charge in [0.2, 0.25) is 0 Å². The molecule has 4 rings (SSSR count). The number of esters is 1. The van der Waals surface area contributed by atoms with Crippen molar-refractivity contribution in [1.29, 1.82) is 0 Å². The van der Waals surface area contributed by atoms with Gasteiger partial charge in [-0.15, -0.1) is 6.42 Å². The van der Waals surface area contributed by atoms with Crippen molar-refractivity contribution in [1.82, 2.24) is 14.6 Å². The van der Waals surface area contributed by atoms with Crippen molar-refractivity contribution in [2.75, 3.05) is 5.73 Å². The Balaban J connectivity index is 1.62. The second-order valence-electron chi connectivity index (χ2n) is 8.88. The van der Waals surface area contributed by atoms with Crippen LogP contribution in [0.25, 0.3) is 0 Å². The summed E-state index contributed by atoms with van der Waals surface area (Å²) in [7, 11) is -4.53. The standard InChI is InChI=1S/C23H26FN4O8P/c1-5-22-20(23(22,31)17(24)18(34-22)28-12-11-16(25)26-21(28)30)36-37(32,35-15-9-7-6-8-10-15)27-14(4)19(29)33-13(2)3/h1,6-14,17-18,20,31H,2-4H3,(H,27,32)(H2,25,26,30). The molecule has 1 aliphatic carbocycles. The number of terminal acetylenes is 1. The number of nitrogens with one attached hydrogen (secondary N) is 1. The molecule has 1 aromatic heterocycles. The molecule has 0 radical (unpaired) electrons. The molecule has 0 spiro atoms. The summed E-state index contributed by atoms with van der Waals surface area (Å²) < 4.78 is 52.0. The second-order valence-corrected chi connectivity index (χ2v) is 10.5. The number of rotatable bonds is 9. The normalized spacial score (nSPS) is 30.6. The quantitative estimate of drug-likeness (QED) is 0.240. The number of nitrogens with zero attached hydrogens (tertiary/aromatic N) is 2. The number of halogens is 1. The summed E-state index contributed by atoms with van der Waals surface area (Å²) in [5.41, 5.74) is -0.0950. The highest BCUT2D eigenvalue weighted by Crippen LogP contribution is 2.68. The van der Waals surface area contributed by atoms with Gasteiger partial charge in [0, 0.05) is 6.20 Å². The number of ether oxygens (including phenoxy) is 2. The first-order chi connectivity index (χ1) is 17.4. The summed E-state index contributed by atoms with van der Waals surface area (Å²) in [6, 6.07) is 7.88. The maximum Gasteiger partial charge on any atom is 0.459 e. The van der Waals surface area contributed by atoms with Gasteiger partial charge in [0.05, 0.1) is 6.10 Å². The monoisotopic (exact) mass is 536 g/mol. The van der Waals surface area contributed by atoms with E-state index in [-0.39, 0.29) is 11.6 Å². The Morgan fingerprint density at radius 1 is 1.35 bits per heavy atom. The fourth-order valence-electron chi connectivity index (χ4n) is 4.05. The third-order valence-electron chi connectivity index (χ3n) is 5.87. The van der Waals surface area contributed by atoms with Gasteiger partial charge < -0.3 is 24.8 Å². The molecule has 198 valence electrons. The maximum absolute atomic E-state index is 15.6. The topological polar surface area (TPSA) is 164 Å². The first-order valence-electron chi connectivity index (χ1n) is 11.2. The molecule has 1 saturated heterocycles. The van der Waals surface area contributed by atoms with Crippen LogP contribution in [0.15, 0.2) is 47.4 Å². The molecule has 2 aliphatic rings. The van der Waals surface area contributed by atoms with Crippen molar-refractivity contribution in [2.24, 2.45) is 0 Å². The smallest absolute Gasteiger partial charge is 0.459 e. The van der Waals surface area contributed by atoms with Crippen LogP contribution in [-0.4, -0.2) is 56.3 Å². The van der Waals surface area contributed by atoms with Crippen LogP contribution in [-0.2, 0) is 23.4 Å². The lowest BCUT2D eigenvalue weighted by atomic mass is 10.1. The average Bonchev–Trinajstić information content (AvgIpc) is 3.22. The first-order valence-corrected chi connectivity index (χ1v) is 12.8. The lowest BCUT2D eigenvalue weighted by molar-refractivity contribution is -0.149. The van der Waals surface area contributed by atoms with Crippen molar-refractivity contribution < 1.29 is 37.4 Å². The molecule has 0 amide bonds. The predicted octanol–water partition coefficient (Wildman–Crippen LogP) is 1.31. The van der Waals surface area contributed by atoms with Gasteiger partial charge in [0.15, 0.2) is 23.6 Å². The number of hydrogen-bond donors (Lipinski definition) is 3. The summed E-state index contributed by atoms with van der Waals surface area (Å²) in [6.45, 7) is 4.63. The summed E-state index contributed by atoms with van der Waals surface area (Å²) in [4.78, 5) is 28.1.